The monoisotopic (exact) mass is 406 g/mol. The second kappa shape index (κ2) is 9.20. The number of nitrogens with zero attached hydrogens (tertiary/aromatic N) is 2. The highest BCUT2D eigenvalue weighted by Crippen LogP contribution is 2.36. The molecular weight excluding hydrogens is 381 g/mol. The predicted molar refractivity (Wildman–Crippen MR) is 107 cm³/mol. The molecule has 0 unspecified atom stereocenters. The van der Waals surface area contributed by atoms with Crippen LogP contribution in [0.5, 0.6) is 0 Å². The Morgan fingerprint density at radius 1 is 1.18 bits per heavy atom. The summed E-state index contributed by atoms with van der Waals surface area (Å²) in [5.41, 5.74) is 2.40. The van der Waals surface area contributed by atoms with Gasteiger partial charge in [0, 0.05) is 17.1 Å². The fraction of sp³-hybridized carbons (Fsp3) is 0.421. The molecular formula is C19H25FN5O2S+. The number of aromatic nitrogens is 2. The van der Waals surface area contributed by atoms with Crippen molar-refractivity contribution in [2.75, 3.05) is 31.5 Å². The number of nitrogens with one attached hydrogen (secondary N) is 3. The van der Waals surface area contributed by atoms with Crippen LogP contribution in [-0.2, 0) is 21.1 Å². The van der Waals surface area contributed by atoms with Crippen LogP contribution in [0, 0.1) is 5.82 Å². The fourth-order valence-electron chi connectivity index (χ4n) is 3.11. The van der Waals surface area contributed by atoms with E-state index in [9.17, 15) is 14.0 Å². The summed E-state index contributed by atoms with van der Waals surface area (Å²) in [6.45, 7) is 7.32. The van der Waals surface area contributed by atoms with Gasteiger partial charge in [0.2, 0.25) is 0 Å². The van der Waals surface area contributed by atoms with Gasteiger partial charge in [0.15, 0.2) is 0 Å². The van der Waals surface area contributed by atoms with E-state index >= 15 is 0 Å². The topological polar surface area (TPSA) is 80.5 Å². The molecule has 0 atom stereocenters. The molecule has 7 nitrogen and oxygen atoms in total. The van der Waals surface area contributed by atoms with Crippen molar-refractivity contribution in [2.45, 2.75) is 25.4 Å². The van der Waals surface area contributed by atoms with Gasteiger partial charge in [-0.05, 0) is 38.1 Å². The summed E-state index contributed by atoms with van der Waals surface area (Å²) in [5, 5.41) is 9.91. The number of hydrogen-bond donors (Lipinski definition) is 3. The molecule has 0 saturated heterocycles. The second-order valence-electron chi connectivity index (χ2n) is 6.57. The Morgan fingerprint density at radius 2 is 1.89 bits per heavy atom. The first-order valence-corrected chi connectivity index (χ1v) is 10.6. The lowest BCUT2D eigenvalue weighted by molar-refractivity contribution is -0.895. The molecule has 9 heteroatoms. The predicted octanol–water partition coefficient (Wildman–Crippen LogP) is 0.738. The Hall–Kier alpha value is -2.39. The van der Waals surface area contributed by atoms with Gasteiger partial charge in [-0.1, -0.05) is 0 Å². The van der Waals surface area contributed by atoms with Crippen molar-refractivity contribution in [3.8, 4) is 5.69 Å². The van der Waals surface area contributed by atoms with E-state index in [-0.39, 0.29) is 5.82 Å². The van der Waals surface area contributed by atoms with Gasteiger partial charge >= 0.3 is 11.8 Å². The van der Waals surface area contributed by atoms with Crippen LogP contribution >= 0.6 is 11.8 Å². The molecule has 1 aliphatic heterocycles. The van der Waals surface area contributed by atoms with Crippen LogP contribution in [0.3, 0.4) is 0 Å². The summed E-state index contributed by atoms with van der Waals surface area (Å²) in [6, 6.07) is 5.86. The number of rotatable bonds is 7. The summed E-state index contributed by atoms with van der Waals surface area (Å²) in [4.78, 5) is 26.0. The van der Waals surface area contributed by atoms with Crippen LogP contribution in [0.2, 0.25) is 0 Å². The molecule has 0 radical (unpaired) electrons. The van der Waals surface area contributed by atoms with Crippen molar-refractivity contribution in [1.82, 2.24) is 15.1 Å². The van der Waals surface area contributed by atoms with E-state index in [0.717, 1.165) is 36.6 Å². The molecule has 0 fully saturated rings. The standard InChI is InChI=1S/C19H24FN5O2S/c1-3-24(4-2)10-9-21-18(26)19(27)22-17-15-11-28-12-16(15)23-25(17)14-7-5-13(20)6-8-14/h5-8H,3-4,9-12H2,1-2H3,(H,21,26)(H,22,27)/p+1. The molecule has 150 valence electrons. The lowest BCUT2D eigenvalue weighted by atomic mass is 10.2. The van der Waals surface area contributed by atoms with Gasteiger partial charge in [0.05, 0.1) is 37.6 Å². The van der Waals surface area contributed by atoms with E-state index in [4.69, 9.17) is 0 Å². The van der Waals surface area contributed by atoms with Crippen molar-refractivity contribution in [3.63, 3.8) is 0 Å². The average molecular weight is 407 g/mol. The fourth-order valence-corrected chi connectivity index (χ4v) is 4.15. The number of fused-ring (bicyclic) bond motifs is 1. The first-order chi connectivity index (χ1) is 13.5. The first-order valence-electron chi connectivity index (χ1n) is 9.40. The van der Waals surface area contributed by atoms with Gasteiger partial charge in [-0.3, -0.25) is 9.59 Å². The number of hydrogen-bond acceptors (Lipinski definition) is 4. The van der Waals surface area contributed by atoms with Gasteiger partial charge in [-0.25, -0.2) is 9.07 Å². The van der Waals surface area contributed by atoms with E-state index in [1.807, 2.05) is 0 Å². The number of anilines is 1. The van der Waals surface area contributed by atoms with Crippen LogP contribution < -0.4 is 15.5 Å². The number of quaternary nitrogens is 1. The molecule has 1 aliphatic rings. The highest BCUT2D eigenvalue weighted by molar-refractivity contribution is 7.98. The van der Waals surface area contributed by atoms with Crippen molar-refractivity contribution in [1.29, 1.82) is 0 Å². The number of likely N-dealkylation sites (N-methyl/N-ethyl adjacent to an activating group) is 1. The van der Waals surface area contributed by atoms with Gasteiger partial charge < -0.3 is 15.5 Å². The molecule has 1 aromatic heterocycles. The molecule has 0 spiro atoms. The van der Waals surface area contributed by atoms with E-state index in [2.05, 4.69) is 29.6 Å². The number of amides is 2. The lowest BCUT2D eigenvalue weighted by Crippen LogP contribution is -3.12. The molecule has 0 bridgehead atoms. The molecule has 2 amide bonds. The Balaban J connectivity index is 1.72. The number of benzene rings is 1. The van der Waals surface area contributed by atoms with Crippen LogP contribution in [0.4, 0.5) is 10.2 Å². The van der Waals surface area contributed by atoms with E-state index in [1.54, 1.807) is 28.6 Å². The van der Waals surface area contributed by atoms with Crippen molar-refractivity contribution in [3.05, 3.63) is 41.3 Å². The zero-order chi connectivity index (χ0) is 20.1. The van der Waals surface area contributed by atoms with Gasteiger partial charge in [0.1, 0.15) is 11.6 Å². The Labute approximate surface area is 167 Å². The molecule has 2 aromatic rings. The second-order valence-corrected chi connectivity index (χ2v) is 7.56. The SMILES string of the molecule is CC[NH+](CC)CCNC(=O)C(=O)Nc1c2c(nn1-c1ccc(F)cc1)CSC2. The maximum atomic E-state index is 13.2. The van der Waals surface area contributed by atoms with Crippen molar-refractivity contribution >= 4 is 29.4 Å². The van der Waals surface area contributed by atoms with Crippen LogP contribution in [0.15, 0.2) is 24.3 Å². The van der Waals surface area contributed by atoms with E-state index < -0.39 is 11.8 Å². The molecule has 0 saturated carbocycles. The van der Waals surface area contributed by atoms with E-state index in [0.29, 0.717) is 23.8 Å². The lowest BCUT2D eigenvalue weighted by Gasteiger charge is -2.15. The Bertz CT molecular complexity index is 849. The van der Waals surface area contributed by atoms with Gasteiger partial charge in [-0.15, -0.1) is 0 Å². The third kappa shape index (κ3) is 4.53. The first kappa shape index (κ1) is 20.3. The Morgan fingerprint density at radius 3 is 2.57 bits per heavy atom. The van der Waals surface area contributed by atoms with Crippen LogP contribution in [-0.4, -0.2) is 47.8 Å². The number of carbonyl (C=O) groups excluding carboxylic acids is 2. The Kier molecular flexibility index (Phi) is 6.69. The zero-order valence-electron chi connectivity index (χ0n) is 16.0. The number of halogens is 1. The van der Waals surface area contributed by atoms with Gasteiger partial charge in [0.25, 0.3) is 0 Å². The molecule has 28 heavy (non-hydrogen) atoms. The summed E-state index contributed by atoms with van der Waals surface area (Å²) < 4.78 is 14.8. The smallest absolute Gasteiger partial charge is 0.314 e. The minimum absolute atomic E-state index is 0.348. The highest BCUT2D eigenvalue weighted by atomic mass is 32.2. The molecule has 3 N–H and O–H groups in total. The highest BCUT2D eigenvalue weighted by Gasteiger charge is 2.26. The minimum atomic E-state index is -0.725. The van der Waals surface area contributed by atoms with Crippen LogP contribution in [0.1, 0.15) is 25.1 Å². The van der Waals surface area contributed by atoms with Crippen molar-refractivity contribution in [2.24, 2.45) is 0 Å². The molecule has 0 aliphatic carbocycles. The largest absolute Gasteiger partial charge is 0.342 e. The number of thioether (sulfide) groups is 1. The minimum Gasteiger partial charge on any atom is -0.342 e. The zero-order valence-corrected chi connectivity index (χ0v) is 16.9. The van der Waals surface area contributed by atoms with Gasteiger partial charge in [-0.2, -0.15) is 16.9 Å². The molecule has 2 heterocycles. The summed E-state index contributed by atoms with van der Waals surface area (Å²) in [6.07, 6.45) is 0. The summed E-state index contributed by atoms with van der Waals surface area (Å²) >= 11 is 1.70. The van der Waals surface area contributed by atoms with E-state index in [1.165, 1.54) is 17.0 Å². The van der Waals surface area contributed by atoms with Crippen molar-refractivity contribution < 1.29 is 18.9 Å². The third-order valence-electron chi connectivity index (χ3n) is 4.83. The average Bonchev–Trinajstić information content (AvgIpc) is 3.28. The quantitative estimate of drug-likeness (QED) is 0.593. The third-order valence-corrected chi connectivity index (χ3v) is 5.80. The summed E-state index contributed by atoms with van der Waals surface area (Å²) in [7, 11) is 0. The molecule has 3 rings (SSSR count). The maximum Gasteiger partial charge on any atom is 0.314 e. The van der Waals surface area contributed by atoms with Crippen LogP contribution in [0.25, 0.3) is 5.69 Å². The molecule has 1 aromatic carbocycles. The number of carbonyl (C=O) groups is 2. The summed E-state index contributed by atoms with van der Waals surface area (Å²) in [5.74, 6) is 0.181. The normalized spacial score (nSPS) is 12.9. The maximum absolute atomic E-state index is 13.2.